The Balaban J connectivity index is 1.80. The van der Waals surface area contributed by atoms with E-state index in [1.165, 1.54) is 0 Å². The highest BCUT2D eigenvalue weighted by atomic mass is 15.3. The van der Waals surface area contributed by atoms with Gasteiger partial charge in [0.05, 0.1) is 6.33 Å². The van der Waals surface area contributed by atoms with E-state index < -0.39 is 0 Å². The molecule has 8 nitrogen and oxygen atoms in total. The normalized spacial score (nSPS) is 10.6. The van der Waals surface area contributed by atoms with E-state index in [4.69, 9.17) is 5.73 Å². The first kappa shape index (κ1) is 15.7. The summed E-state index contributed by atoms with van der Waals surface area (Å²) < 4.78 is 1.93. The number of nitrogens with one attached hydrogen (secondary N) is 1. The van der Waals surface area contributed by atoms with Gasteiger partial charge in [-0.3, -0.25) is 0 Å². The zero-order valence-corrected chi connectivity index (χ0v) is 13.7. The van der Waals surface area contributed by atoms with Crippen LogP contribution in [-0.2, 0) is 0 Å². The predicted octanol–water partition coefficient (Wildman–Crippen LogP) is 2.23. The summed E-state index contributed by atoms with van der Waals surface area (Å²) in [5.41, 5.74) is 7.70. The van der Waals surface area contributed by atoms with Gasteiger partial charge in [0.15, 0.2) is 0 Å². The molecule has 0 aliphatic heterocycles. The number of anilines is 4. The van der Waals surface area contributed by atoms with Crippen LogP contribution in [0.15, 0.2) is 43.0 Å². The van der Waals surface area contributed by atoms with Crippen LogP contribution in [0.3, 0.4) is 0 Å². The van der Waals surface area contributed by atoms with Crippen molar-refractivity contribution in [2.45, 2.75) is 13.8 Å². The van der Waals surface area contributed by atoms with Crippen LogP contribution in [0.2, 0.25) is 0 Å². The molecule has 2 heterocycles. The number of benzene rings is 1. The van der Waals surface area contributed by atoms with Crippen molar-refractivity contribution in [3.8, 4) is 5.69 Å². The van der Waals surface area contributed by atoms with Crippen LogP contribution in [0.25, 0.3) is 5.69 Å². The third-order valence-electron chi connectivity index (χ3n) is 3.61. The van der Waals surface area contributed by atoms with Crippen molar-refractivity contribution in [3.05, 3.63) is 43.0 Å². The number of imidazole rings is 1. The molecule has 0 spiro atoms. The van der Waals surface area contributed by atoms with Crippen LogP contribution in [0.1, 0.15) is 13.8 Å². The minimum atomic E-state index is 0.199. The van der Waals surface area contributed by atoms with Crippen LogP contribution in [0.4, 0.5) is 23.5 Å². The molecule has 8 heteroatoms. The Hall–Kier alpha value is -3.16. The maximum absolute atomic E-state index is 5.81. The molecule has 0 bridgehead atoms. The number of nitrogen functional groups attached to an aromatic ring is 1. The van der Waals surface area contributed by atoms with Crippen LogP contribution in [0.5, 0.6) is 0 Å². The molecule has 0 saturated carbocycles. The van der Waals surface area contributed by atoms with Crippen molar-refractivity contribution in [1.29, 1.82) is 0 Å². The number of rotatable bonds is 6. The van der Waals surface area contributed by atoms with E-state index in [1.807, 2.05) is 53.8 Å². The number of nitrogens with zero attached hydrogens (tertiary/aromatic N) is 6. The van der Waals surface area contributed by atoms with Crippen molar-refractivity contribution >= 4 is 23.5 Å². The van der Waals surface area contributed by atoms with Gasteiger partial charge in [-0.1, -0.05) is 0 Å². The maximum atomic E-state index is 5.81. The largest absolute Gasteiger partial charge is 0.368 e. The van der Waals surface area contributed by atoms with Gasteiger partial charge in [-0.25, -0.2) is 4.98 Å². The van der Waals surface area contributed by atoms with E-state index in [2.05, 4.69) is 25.3 Å². The van der Waals surface area contributed by atoms with Crippen molar-refractivity contribution < 1.29 is 0 Å². The zero-order chi connectivity index (χ0) is 16.9. The summed E-state index contributed by atoms with van der Waals surface area (Å²) in [6.07, 6.45) is 5.39. The van der Waals surface area contributed by atoms with Crippen molar-refractivity contribution in [3.63, 3.8) is 0 Å². The number of aromatic nitrogens is 5. The Bertz CT molecular complexity index is 778. The molecule has 0 saturated heterocycles. The average Bonchev–Trinajstić information content (AvgIpc) is 3.11. The van der Waals surface area contributed by atoms with Crippen molar-refractivity contribution in [2.24, 2.45) is 0 Å². The lowest BCUT2D eigenvalue weighted by molar-refractivity contribution is 0.816. The van der Waals surface area contributed by atoms with Gasteiger partial charge in [0.2, 0.25) is 17.8 Å². The minimum absolute atomic E-state index is 0.199. The lowest BCUT2D eigenvalue weighted by Crippen LogP contribution is -2.25. The standard InChI is InChI=1S/C16H20N8/c1-3-23(4-2)16-21-14(17)20-15(22-16)19-12-5-7-13(8-6-12)24-10-9-18-11-24/h5-11H,3-4H2,1-2H3,(H3,17,19,20,21,22). The fraction of sp³-hybridized carbons (Fsp3) is 0.250. The summed E-state index contributed by atoms with van der Waals surface area (Å²) >= 11 is 0. The molecular weight excluding hydrogens is 304 g/mol. The van der Waals surface area contributed by atoms with Gasteiger partial charge in [-0.2, -0.15) is 15.0 Å². The highest BCUT2D eigenvalue weighted by molar-refractivity contribution is 5.57. The van der Waals surface area contributed by atoms with Gasteiger partial charge in [-0.15, -0.1) is 0 Å². The summed E-state index contributed by atoms with van der Waals surface area (Å²) in [5, 5.41) is 3.17. The predicted molar refractivity (Wildman–Crippen MR) is 94.6 cm³/mol. The third-order valence-corrected chi connectivity index (χ3v) is 3.61. The first-order valence-electron chi connectivity index (χ1n) is 7.81. The van der Waals surface area contributed by atoms with Crippen LogP contribution < -0.4 is 16.0 Å². The van der Waals surface area contributed by atoms with Gasteiger partial charge in [0.25, 0.3) is 0 Å². The molecule has 1 aromatic carbocycles. The number of hydrogen-bond acceptors (Lipinski definition) is 7. The van der Waals surface area contributed by atoms with Crippen LogP contribution in [-0.4, -0.2) is 37.6 Å². The topological polar surface area (TPSA) is 97.8 Å². The molecule has 0 amide bonds. The summed E-state index contributed by atoms with van der Waals surface area (Å²) in [6.45, 7) is 5.70. The lowest BCUT2D eigenvalue weighted by Gasteiger charge is -2.19. The lowest BCUT2D eigenvalue weighted by atomic mass is 10.3. The van der Waals surface area contributed by atoms with E-state index in [0.717, 1.165) is 24.5 Å². The Morgan fingerprint density at radius 2 is 1.83 bits per heavy atom. The Morgan fingerprint density at radius 3 is 2.46 bits per heavy atom. The summed E-state index contributed by atoms with van der Waals surface area (Å²) in [4.78, 5) is 18.9. The molecule has 0 atom stereocenters. The van der Waals surface area contributed by atoms with Crippen LogP contribution in [0, 0.1) is 0 Å². The highest BCUT2D eigenvalue weighted by Crippen LogP contribution is 2.18. The van der Waals surface area contributed by atoms with E-state index in [0.29, 0.717) is 11.9 Å². The molecule has 0 aliphatic rings. The quantitative estimate of drug-likeness (QED) is 0.717. The van der Waals surface area contributed by atoms with Gasteiger partial charge >= 0.3 is 0 Å². The first-order valence-corrected chi connectivity index (χ1v) is 7.81. The van der Waals surface area contributed by atoms with E-state index >= 15 is 0 Å². The third kappa shape index (κ3) is 3.43. The molecule has 3 N–H and O–H groups in total. The molecular formula is C16H20N8. The van der Waals surface area contributed by atoms with Gasteiger partial charge < -0.3 is 20.5 Å². The number of nitrogens with two attached hydrogens (primary N) is 1. The molecule has 3 aromatic rings. The van der Waals surface area contributed by atoms with Gasteiger partial charge in [0.1, 0.15) is 0 Å². The van der Waals surface area contributed by atoms with E-state index in [-0.39, 0.29) is 5.95 Å². The summed E-state index contributed by atoms with van der Waals surface area (Å²) in [7, 11) is 0. The van der Waals surface area contributed by atoms with Gasteiger partial charge in [-0.05, 0) is 38.1 Å². The Kier molecular flexibility index (Phi) is 4.55. The van der Waals surface area contributed by atoms with E-state index in [1.54, 1.807) is 12.5 Å². The van der Waals surface area contributed by atoms with E-state index in [9.17, 15) is 0 Å². The molecule has 2 aromatic heterocycles. The fourth-order valence-corrected chi connectivity index (χ4v) is 2.34. The molecule has 0 fully saturated rings. The maximum Gasteiger partial charge on any atom is 0.233 e. The Morgan fingerprint density at radius 1 is 1.08 bits per heavy atom. The fourth-order valence-electron chi connectivity index (χ4n) is 2.34. The molecule has 124 valence electrons. The minimum Gasteiger partial charge on any atom is -0.368 e. The van der Waals surface area contributed by atoms with Gasteiger partial charge in [0, 0.05) is 36.9 Å². The average molecular weight is 324 g/mol. The second kappa shape index (κ2) is 6.95. The molecule has 3 rings (SSSR count). The molecule has 24 heavy (non-hydrogen) atoms. The molecule has 0 aliphatic carbocycles. The van der Waals surface area contributed by atoms with Crippen molar-refractivity contribution in [1.82, 2.24) is 24.5 Å². The number of hydrogen-bond donors (Lipinski definition) is 2. The zero-order valence-electron chi connectivity index (χ0n) is 13.7. The molecule has 0 unspecified atom stereocenters. The monoisotopic (exact) mass is 324 g/mol. The summed E-state index contributed by atoms with van der Waals surface area (Å²) in [5.74, 6) is 1.20. The summed E-state index contributed by atoms with van der Waals surface area (Å²) in [6, 6.07) is 7.87. The highest BCUT2D eigenvalue weighted by Gasteiger charge is 2.10. The SMILES string of the molecule is CCN(CC)c1nc(N)nc(Nc2ccc(-n3ccnc3)cc2)n1. The molecule has 0 radical (unpaired) electrons. The van der Waals surface area contributed by atoms with Crippen molar-refractivity contribution in [2.75, 3.05) is 29.0 Å². The second-order valence-corrected chi connectivity index (χ2v) is 5.13. The smallest absolute Gasteiger partial charge is 0.233 e. The first-order chi connectivity index (χ1) is 11.7. The van der Waals surface area contributed by atoms with Crippen LogP contribution >= 0.6 is 0 Å². The second-order valence-electron chi connectivity index (χ2n) is 5.13. The Labute approximate surface area is 140 Å².